The summed E-state index contributed by atoms with van der Waals surface area (Å²) in [6.07, 6.45) is 0.618. The number of thiophene rings is 1. The van der Waals surface area contributed by atoms with Gasteiger partial charge in [0, 0.05) is 6.54 Å². The lowest BCUT2D eigenvalue weighted by Crippen LogP contribution is -2.25. The van der Waals surface area contributed by atoms with Crippen molar-refractivity contribution in [3.63, 3.8) is 0 Å². The van der Waals surface area contributed by atoms with E-state index in [1.807, 2.05) is 0 Å². The highest BCUT2D eigenvalue weighted by atomic mass is 32.2. The lowest BCUT2D eigenvalue weighted by Gasteiger charge is -2.05. The fourth-order valence-corrected chi connectivity index (χ4v) is 3.40. The molecule has 0 bridgehead atoms. The van der Waals surface area contributed by atoms with Gasteiger partial charge in [0.25, 0.3) is 10.0 Å². The molecule has 0 atom stereocenters. The van der Waals surface area contributed by atoms with E-state index in [0.717, 1.165) is 11.3 Å². The van der Waals surface area contributed by atoms with Crippen molar-refractivity contribution in [3.05, 3.63) is 11.4 Å². The summed E-state index contributed by atoms with van der Waals surface area (Å²) in [6, 6.07) is 1.63. The summed E-state index contributed by atoms with van der Waals surface area (Å²) in [5.41, 5.74) is 5.28. The molecule has 0 aliphatic carbocycles. The van der Waals surface area contributed by atoms with Gasteiger partial charge in [-0.1, -0.05) is 0 Å². The van der Waals surface area contributed by atoms with Crippen molar-refractivity contribution in [3.8, 4) is 5.75 Å². The van der Waals surface area contributed by atoms with E-state index in [4.69, 9.17) is 10.5 Å². The Bertz CT molecular complexity index is 400. The van der Waals surface area contributed by atoms with E-state index in [1.54, 1.807) is 11.4 Å². The van der Waals surface area contributed by atoms with E-state index in [2.05, 4.69) is 4.72 Å². The molecular formula is C8H14N2O3S2. The van der Waals surface area contributed by atoms with Crippen LogP contribution < -0.4 is 15.2 Å². The highest BCUT2D eigenvalue weighted by Gasteiger charge is 2.20. The largest absolute Gasteiger partial charge is 0.494 e. The van der Waals surface area contributed by atoms with Gasteiger partial charge in [0.15, 0.2) is 4.21 Å². The quantitative estimate of drug-likeness (QED) is 0.715. The van der Waals surface area contributed by atoms with E-state index >= 15 is 0 Å². The Morgan fingerprint density at radius 1 is 1.60 bits per heavy atom. The molecule has 0 unspecified atom stereocenters. The van der Waals surface area contributed by atoms with Crippen LogP contribution in [-0.4, -0.2) is 28.6 Å². The maximum Gasteiger partial charge on any atom is 0.253 e. The van der Waals surface area contributed by atoms with E-state index in [9.17, 15) is 8.42 Å². The molecular weight excluding hydrogens is 236 g/mol. The van der Waals surface area contributed by atoms with E-state index in [-0.39, 0.29) is 4.21 Å². The molecule has 0 aromatic carbocycles. The maximum absolute atomic E-state index is 11.7. The maximum atomic E-state index is 11.7. The number of ether oxygens (including phenoxy) is 1. The second kappa shape index (κ2) is 5.45. The number of nitrogens with two attached hydrogens (primary N) is 1. The molecule has 3 N–H and O–H groups in total. The molecule has 0 saturated heterocycles. The fourth-order valence-electron chi connectivity index (χ4n) is 1.01. The molecule has 0 aliphatic rings. The van der Waals surface area contributed by atoms with E-state index < -0.39 is 10.0 Å². The average Bonchev–Trinajstić information content (AvgIpc) is 2.66. The lowest BCUT2D eigenvalue weighted by molar-refractivity contribution is 0.406. The van der Waals surface area contributed by atoms with Crippen LogP contribution in [0.5, 0.6) is 5.75 Å². The summed E-state index contributed by atoms with van der Waals surface area (Å²) in [6.45, 7) is 0.810. The molecule has 1 heterocycles. The van der Waals surface area contributed by atoms with Crippen molar-refractivity contribution in [1.82, 2.24) is 4.72 Å². The van der Waals surface area contributed by atoms with Gasteiger partial charge in [0.1, 0.15) is 5.75 Å². The molecule has 0 spiro atoms. The second-order valence-electron chi connectivity index (χ2n) is 2.82. The average molecular weight is 250 g/mol. The fraction of sp³-hybridized carbons (Fsp3) is 0.500. The highest BCUT2D eigenvalue weighted by molar-refractivity contribution is 7.91. The van der Waals surface area contributed by atoms with Gasteiger partial charge in [-0.25, -0.2) is 13.1 Å². The van der Waals surface area contributed by atoms with Crippen molar-refractivity contribution in [2.45, 2.75) is 10.6 Å². The predicted molar refractivity (Wildman–Crippen MR) is 59.7 cm³/mol. The molecule has 1 rings (SSSR count). The summed E-state index contributed by atoms with van der Waals surface area (Å²) < 4.78 is 31.1. The molecule has 7 heteroatoms. The Morgan fingerprint density at radius 2 is 2.33 bits per heavy atom. The van der Waals surface area contributed by atoms with Crippen molar-refractivity contribution in [2.75, 3.05) is 20.2 Å². The molecule has 15 heavy (non-hydrogen) atoms. The monoisotopic (exact) mass is 250 g/mol. The molecule has 86 valence electrons. The summed E-state index contributed by atoms with van der Waals surface area (Å²) in [7, 11) is -2.00. The Kier molecular flexibility index (Phi) is 4.52. The lowest BCUT2D eigenvalue weighted by atomic mass is 10.4. The minimum absolute atomic E-state index is 0.210. The Morgan fingerprint density at radius 3 is 2.93 bits per heavy atom. The number of hydrogen-bond acceptors (Lipinski definition) is 5. The first-order chi connectivity index (χ1) is 7.11. The molecule has 0 saturated carbocycles. The minimum Gasteiger partial charge on any atom is -0.494 e. The van der Waals surface area contributed by atoms with Crippen LogP contribution in [0.3, 0.4) is 0 Å². The normalized spacial score (nSPS) is 11.6. The highest BCUT2D eigenvalue weighted by Crippen LogP contribution is 2.28. The van der Waals surface area contributed by atoms with Crippen LogP contribution in [0.25, 0.3) is 0 Å². The van der Waals surface area contributed by atoms with Crippen LogP contribution in [-0.2, 0) is 10.0 Å². The number of rotatable bonds is 6. The van der Waals surface area contributed by atoms with Crippen LogP contribution >= 0.6 is 11.3 Å². The Labute approximate surface area is 93.3 Å². The van der Waals surface area contributed by atoms with Crippen LogP contribution in [0.15, 0.2) is 15.7 Å². The first kappa shape index (κ1) is 12.4. The van der Waals surface area contributed by atoms with E-state index in [1.165, 1.54) is 7.11 Å². The number of hydrogen-bond donors (Lipinski definition) is 2. The molecule has 0 aliphatic heterocycles. The predicted octanol–water partition coefficient (Wildman–Crippen LogP) is 0.384. The van der Waals surface area contributed by atoms with Crippen LogP contribution in [0.2, 0.25) is 0 Å². The standard InChI is InChI=1S/C8H14N2O3S2/c1-13-7-3-6-14-8(7)15(11,12)10-5-2-4-9/h3,6,10H,2,4-5,9H2,1H3. The number of methoxy groups -OCH3 is 1. The Hall–Kier alpha value is -0.630. The third kappa shape index (κ3) is 3.16. The van der Waals surface area contributed by atoms with Crippen molar-refractivity contribution < 1.29 is 13.2 Å². The Balaban J connectivity index is 2.77. The molecule has 5 nitrogen and oxygen atoms in total. The smallest absolute Gasteiger partial charge is 0.253 e. The van der Waals surface area contributed by atoms with Crippen LogP contribution in [0, 0.1) is 0 Å². The van der Waals surface area contributed by atoms with Gasteiger partial charge < -0.3 is 10.5 Å². The zero-order chi connectivity index (χ0) is 11.3. The van der Waals surface area contributed by atoms with Crippen LogP contribution in [0.4, 0.5) is 0 Å². The van der Waals surface area contributed by atoms with Crippen molar-refractivity contribution in [2.24, 2.45) is 5.73 Å². The molecule has 0 amide bonds. The number of sulfonamides is 1. The molecule has 0 fully saturated rings. The summed E-state index contributed by atoms with van der Waals surface area (Å²) in [5, 5.41) is 1.68. The summed E-state index contributed by atoms with van der Waals surface area (Å²) >= 11 is 1.13. The van der Waals surface area contributed by atoms with Gasteiger partial charge in [-0.3, -0.25) is 0 Å². The molecule has 1 aromatic rings. The van der Waals surface area contributed by atoms with Gasteiger partial charge in [0.05, 0.1) is 7.11 Å². The minimum atomic E-state index is -3.44. The van der Waals surface area contributed by atoms with Gasteiger partial charge in [-0.15, -0.1) is 11.3 Å². The van der Waals surface area contributed by atoms with Crippen LogP contribution in [0.1, 0.15) is 6.42 Å². The summed E-state index contributed by atoms with van der Waals surface area (Å²) in [4.78, 5) is 0. The topological polar surface area (TPSA) is 81.4 Å². The van der Waals surface area contributed by atoms with Gasteiger partial charge >= 0.3 is 0 Å². The van der Waals surface area contributed by atoms with Crippen molar-refractivity contribution >= 4 is 21.4 Å². The zero-order valence-corrected chi connectivity index (χ0v) is 10.0. The zero-order valence-electron chi connectivity index (χ0n) is 8.39. The van der Waals surface area contributed by atoms with Gasteiger partial charge in [-0.05, 0) is 24.4 Å². The first-order valence-electron chi connectivity index (χ1n) is 4.43. The van der Waals surface area contributed by atoms with Gasteiger partial charge in [-0.2, -0.15) is 0 Å². The van der Waals surface area contributed by atoms with Crippen molar-refractivity contribution in [1.29, 1.82) is 0 Å². The first-order valence-corrected chi connectivity index (χ1v) is 6.79. The van der Waals surface area contributed by atoms with E-state index in [0.29, 0.717) is 25.3 Å². The molecule has 1 aromatic heterocycles. The number of nitrogens with one attached hydrogen (secondary N) is 1. The van der Waals surface area contributed by atoms with Gasteiger partial charge in [0.2, 0.25) is 0 Å². The third-order valence-corrected chi connectivity index (χ3v) is 4.64. The summed E-state index contributed by atoms with van der Waals surface area (Å²) in [5.74, 6) is 0.375. The molecule has 0 radical (unpaired) electrons. The SMILES string of the molecule is COc1ccsc1S(=O)(=O)NCCCN. The third-order valence-electron chi connectivity index (χ3n) is 1.73. The second-order valence-corrected chi connectivity index (χ2v) is 5.69.